The molecule has 0 saturated carbocycles. The van der Waals surface area contributed by atoms with Gasteiger partial charge in [-0.25, -0.2) is 0 Å². The number of ether oxygens (including phenoxy) is 1. The molecule has 3 saturated heterocycles. The minimum atomic E-state index is -0.705. The third kappa shape index (κ3) is 7.19. The van der Waals surface area contributed by atoms with Crippen molar-refractivity contribution in [1.29, 1.82) is 0 Å². The van der Waals surface area contributed by atoms with Crippen molar-refractivity contribution in [2.45, 2.75) is 75.3 Å². The van der Waals surface area contributed by atoms with Crippen LogP contribution in [0.4, 0.5) is 17.1 Å². The van der Waals surface area contributed by atoms with Crippen LogP contribution in [0.5, 0.6) is 5.75 Å². The van der Waals surface area contributed by atoms with E-state index in [4.69, 9.17) is 4.74 Å². The van der Waals surface area contributed by atoms with Gasteiger partial charge in [0.05, 0.1) is 23.2 Å². The van der Waals surface area contributed by atoms with Gasteiger partial charge in [-0.2, -0.15) is 0 Å². The Morgan fingerprint density at radius 3 is 2.06 bits per heavy atom. The van der Waals surface area contributed by atoms with Crippen LogP contribution in [0.15, 0.2) is 73.8 Å². The smallest absolute Gasteiger partial charge is 0.251 e. The van der Waals surface area contributed by atoms with Crippen molar-refractivity contribution >= 4 is 46.5 Å². The molecule has 2 aromatic carbocycles. The van der Waals surface area contributed by atoms with Gasteiger partial charge in [0, 0.05) is 61.6 Å². The first-order chi connectivity index (χ1) is 24.3. The number of aliphatic hydroxyl groups excluding tert-OH is 1. The van der Waals surface area contributed by atoms with E-state index < -0.39 is 22.6 Å². The third-order valence-electron chi connectivity index (χ3n) is 10.5. The summed E-state index contributed by atoms with van der Waals surface area (Å²) in [6.07, 6.45) is 8.04. The van der Waals surface area contributed by atoms with Crippen molar-refractivity contribution in [2.24, 2.45) is 11.8 Å². The van der Waals surface area contributed by atoms with Crippen molar-refractivity contribution in [3.63, 3.8) is 0 Å². The SMILES string of the molecule is C=CCN(C(=O)C1N(CCCCCCO)C(=O)[C@@H]2[C@@H](C(=O)N(CC=C)c3ccc(OCC)cc3)[C@H]3CCC12S3)c1ccc(N(CC)CC)cc1. The van der Waals surface area contributed by atoms with Gasteiger partial charge in [0.15, 0.2) is 0 Å². The van der Waals surface area contributed by atoms with E-state index >= 15 is 4.79 Å². The van der Waals surface area contributed by atoms with Crippen LogP contribution in [-0.2, 0) is 14.4 Å². The first-order valence-corrected chi connectivity index (χ1v) is 19.2. The van der Waals surface area contributed by atoms with Crippen LogP contribution in [0, 0.1) is 11.8 Å². The fourth-order valence-electron chi connectivity index (χ4n) is 8.25. The molecule has 270 valence electrons. The predicted octanol–water partition coefficient (Wildman–Crippen LogP) is 6.31. The first kappa shape index (κ1) is 37.5. The summed E-state index contributed by atoms with van der Waals surface area (Å²) >= 11 is 1.69. The van der Waals surface area contributed by atoms with E-state index in [1.165, 1.54) is 0 Å². The average molecular weight is 703 g/mol. The third-order valence-corrected chi connectivity index (χ3v) is 12.5. The minimum Gasteiger partial charge on any atom is -0.494 e. The van der Waals surface area contributed by atoms with Gasteiger partial charge in [-0.05, 0) is 95.0 Å². The Morgan fingerprint density at radius 1 is 0.900 bits per heavy atom. The summed E-state index contributed by atoms with van der Waals surface area (Å²) in [4.78, 5) is 51.9. The molecule has 3 fully saturated rings. The number of aliphatic hydroxyl groups is 1. The van der Waals surface area contributed by atoms with Crippen LogP contribution in [0.1, 0.15) is 59.3 Å². The van der Waals surface area contributed by atoms with Crippen molar-refractivity contribution < 1.29 is 24.2 Å². The molecular formula is C40H54N4O5S. The maximum absolute atomic E-state index is 15.0. The number of hydrogen-bond donors (Lipinski definition) is 1. The van der Waals surface area contributed by atoms with Crippen molar-refractivity contribution in [3.8, 4) is 5.75 Å². The number of rotatable bonds is 19. The Morgan fingerprint density at radius 2 is 1.48 bits per heavy atom. The van der Waals surface area contributed by atoms with Crippen molar-refractivity contribution in [1.82, 2.24) is 4.90 Å². The van der Waals surface area contributed by atoms with Gasteiger partial charge in [-0.1, -0.05) is 25.0 Å². The molecule has 2 bridgehead atoms. The Hall–Kier alpha value is -3.76. The number of anilines is 3. The summed E-state index contributed by atoms with van der Waals surface area (Å²) in [5, 5.41) is 9.26. The van der Waals surface area contributed by atoms with E-state index in [1.54, 1.807) is 38.6 Å². The average Bonchev–Trinajstić information content (AvgIpc) is 3.77. The highest BCUT2D eigenvalue weighted by molar-refractivity contribution is 8.02. The second-order valence-corrected chi connectivity index (χ2v) is 14.9. The number of unbranched alkanes of at least 4 members (excludes halogenated alkanes) is 3. The molecule has 50 heavy (non-hydrogen) atoms. The van der Waals surface area contributed by atoms with Crippen LogP contribution < -0.4 is 19.4 Å². The zero-order chi connectivity index (χ0) is 35.8. The quantitative estimate of drug-likeness (QED) is 0.136. The second-order valence-electron chi connectivity index (χ2n) is 13.3. The van der Waals surface area contributed by atoms with Crippen LogP contribution >= 0.6 is 11.8 Å². The van der Waals surface area contributed by atoms with E-state index in [-0.39, 0.29) is 29.6 Å². The van der Waals surface area contributed by atoms with Crippen molar-refractivity contribution in [2.75, 3.05) is 60.6 Å². The molecule has 3 aliphatic rings. The second kappa shape index (κ2) is 17.0. The first-order valence-electron chi connectivity index (χ1n) is 18.3. The number of nitrogens with zero attached hydrogens (tertiary/aromatic N) is 4. The van der Waals surface area contributed by atoms with E-state index in [0.717, 1.165) is 61.6 Å². The molecule has 5 atom stereocenters. The van der Waals surface area contributed by atoms with E-state index in [9.17, 15) is 14.7 Å². The standard InChI is InChI=1S/C40H54N4O5S/c1-6-25-42(31-19-21-32(22-20-31)49-10-5)37(46)34-33-23-24-40(50-33)35(34)38(47)44(27-13-11-12-14-28-45)36(40)39(48)43(26-7-2)30-17-15-29(16-18-30)41(8-3)9-4/h6-7,15-22,33-36,45H,1-2,8-14,23-28H2,3-5H3/t33-,34+,35+,36?,40?/m1/s1. The van der Waals surface area contributed by atoms with Gasteiger partial charge in [-0.3, -0.25) is 14.4 Å². The van der Waals surface area contributed by atoms with Crippen molar-refractivity contribution in [3.05, 3.63) is 73.8 Å². The number of likely N-dealkylation sites (tertiary alicyclic amines) is 1. The molecular weight excluding hydrogens is 649 g/mol. The minimum absolute atomic E-state index is 0.0605. The van der Waals surface area contributed by atoms with Gasteiger partial charge in [-0.15, -0.1) is 24.9 Å². The van der Waals surface area contributed by atoms with Crippen LogP contribution in [0.3, 0.4) is 0 Å². The number of fused-ring (bicyclic) bond motifs is 1. The summed E-state index contributed by atoms with van der Waals surface area (Å²) in [5.74, 6) is -0.746. The normalized spacial score (nSPS) is 23.4. The number of hydrogen-bond acceptors (Lipinski definition) is 7. The molecule has 5 rings (SSSR count). The van der Waals surface area contributed by atoms with Gasteiger partial charge < -0.3 is 29.4 Å². The summed E-state index contributed by atoms with van der Waals surface area (Å²) < 4.78 is 4.93. The lowest BCUT2D eigenvalue weighted by Gasteiger charge is -2.37. The largest absolute Gasteiger partial charge is 0.494 e. The van der Waals surface area contributed by atoms with Crippen LogP contribution in [0.2, 0.25) is 0 Å². The molecule has 10 heteroatoms. The lowest BCUT2D eigenvalue weighted by atomic mass is 9.70. The lowest BCUT2D eigenvalue weighted by molar-refractivity contribution is -0.139. The fraction of sp³-hybridized carbons (Fsp3) is 0.525. The molecule has 9 nitrogen and oxygen atoms in total. The number of carbonyl (C=O) groups excluding carboxylic acids is 3. The Labute approximate surface area is 302 Å². The van der Waals surface area contributed by atoms with Gasteiger partial charge in [0.2, 0.25) is 11.8 Å². The molecule has 3 amide bonds. The molecule has 1 spiro atoms. The summed E-state index contributed by atoms with van der Waals surface area (Å²) in [7, 11) is 0. The molecule has 3 heterocycles. The highest BCUT2D eigenvalue weighted by Gasteiger charge is 2.74. The van der Waals surface area contributed by atoms with E-state index in [2.05, 4.69) is 31.9 Å². The fourth-order valence-corrected chi connectivity index (χ4v) is 10.5. The van der Waals surface area contributed by atoms with Crippen LogP contribution in [0.25, 0.3) is 0 Å². The maximum Gasteiger partial charge on any atom is 0.251 e. The molecule has 2 aromatic rings. The maximum atomic E-state index is 15.0. The number of benzene rings is 2. The van der Waals surface area contributed by atoms with Gasteiger partial charge >= 0.3 is 0 Å². The Balaban J connectivity index is 1.50. The predicted molar refractivity (Wildman–Crippen MR) is 204 cm³/mol. The Bertz CT molecular complexity index is 1500. The highest BCUT2D eigenvalue weighted by atomic mass is 32.2. The van der Waals surface area contributed by atoms with Crippen LogP contribution in [-0.4, -0.2) is 89.7 Å². The molecule has 0 radical (unpaired) electrons. The monoisotopic (exact) mass is 702 g/mol. The number of amides is 3. The van der Waals surface area contributed by atoms with Gasteiger partial charge in [0.25, 0.3) is 5.91 Å². The molecule has 0 aromatic heterocycles. The zero-order valence-electron chi connectivity index (χ0n) is 30.0. The summed E-state index contributed by atoms with van der Waals surface area (Å²) in [6.45, 7) is 17.6. The number of thioether (sulfide) groups is 1. The van der Waals surface area contributed by atoms with Gasteiger partial charge in [0.1, 0.15) is 11.8 Å². The zero-order valence-corrected chi connectivity index (χ0v) is 30.8. The molecule has 0 aliphatic carbocycles. The summed E-state index contributed by atoms with van der Waals surface area (Å²) in [6, 6.07) is 14.8. The lowest BCUT2D eigenvalue weighted by Crippen LogP contribution is -2.55. The van der Waals surface area contributed by atoms with E-state index in [1.807, 2.05) is 55.5 Å². The molecule has 1 N–H and O–H groups in total. The highest BCUT2D eigenvalue weighted by Crippen LogP contribution is 2.67. The Kier molecular flexibility index (Phi) is 12.7. The topological polar surface area (TPSA) is 93.6 Å². The molecule has 3 aliphatic heterocycles. The number of carbonyl (C=O) groups is 3. The summed E-state index contributed by atoms with van der Waals surface area (Å²) in [5.41, 5.74) is 2.58. The van der Waals surface area contributed by atoms with E-state index in [0.29, 0.717) is 39.1 Å². The molecule has 2 unspecified atom stereocenters.